The smallest absolute Gasteiger partial charge is 0.274 e. The minimum atomic E-state index is 0.0379. The van der Waals surface area contributed by atoms with Gasteiger partial charge in [0.05, 0.1) is 6.20 Å². The molecule has 3 atom stereocenters. The highest BCUT2D eigenvalue weighted by atomic mass is 16.2. The lowest BCUT2D eigenvalue weighted by Crippen LogP contribution is -2.31. The van der Waals surface area contributed by atoms with E-state index in [1.165, 1.54) is 24.8 Å². The van der Waals surface area contributed by atoms with Gasteiger partial charge in [-0.3, -0.25) is 9.78 Å². The van der Waals surface area contributed by atoms with Gasteiger partial charge < -0.3 is 4.90 Å². The molecule has 24 heavy (non-hydrogen) atoms. The lowest BCUT2D eigenvalue weighted by atomic mass is 9.72. The normalized spacial score (nSPS) is 26.2. The van der Waals surface area contributed by atoms with Gasteiger partial charge in [-0.15, -0.1) is 0 Å². The summed E-state index contributed by atoms with van der Waals surface area (Å²) in [6.07, 6.45) is 9.72. The van der Waals surface area contributed by atoms with Crippen LogP contribution in [0.25, 0.3) is 0 Å². The number of benzene rings is 1. The van der Waals surface area contributed by atoms with Crippen molar-refractivity contribution in [3.8, 4) is 0 Å². The molecule has 4 rings (SSSR count). The molecule has 1 aliphatic heterocycles. The molecule has 4 nitrogen and oxygen atoms in total. The van der Waals surface area contributed by atoms with Crippen LogP contribution in [-0.4, -0.2) is 33.9 Å². The van der Waals surface area contributed by atoms with Crippen LogP contribution >= 0.6 is 0 Å². The molecule has 1 aromatic carbocycles. The zero-order valence-corrected chi connectivity index (χ0v) is 13.8. The molecular weight excluding hydrogens is 298 g/mol. The minimum absolute atomic E-state index is 0.0379. The lowest BCUT2D eigenvalue weighted by molar-refractivity contribution is 0.0775. The van der Waals surface area contributed by atoms with Crippen LogP contribution < -0.4 is 0 Å². The Morgan fingerprint density at radius 2 is 2.00 bits per heavy atom. The largest absolute Gasteiger partial charge is 0.337 e. The summed E-state index contributed by atoms with van der Waals surface area (Å²) in [5.41, 5.74) is 1.89. The van der Waals surface area contributed by atoms with E-state index in [2.05, 4.69) is 40.3 Å². The Labute approximate surface area is 142 Å². The standard InChI is InChI=1S/C20H23N3O/c24-20(19-12-21-9-10-22-19)23-13-17-8-4-7-16(18(17)14-23)11-15-5-2-1-3-6-15/h1-3,5-6,9-10,12,16-18H,4,7-8,11,13-14H2/t16-,17-,18-/m1/s1. The number of nitrogens with zero attached hydrogens (tertiary/aromatic N) is 3. The average molecular weight is 321 g/mol. The first-order valence-corrected chi connectivity index (χ1v) is 8.90. The minimum Gasteiger partial charge on any atom is -0.337 e. The Bertz CT molecular complexity index is 689. The molecule has 1 aliphatic carbocycles. The van der Waals surface area contributed by atoms with Crippen LogP contribution in [0.15, 0.2) is 48.9 Å². The molecule has 2 heterocycles. The molecule has 0 radical (unpaired) electrons. The Kier molecular flexibility index (Phi) is 4.28. The van der Waals surface area contributed by atoms with E-state index in [1.807, 2.05) is 4.90 Å². The number of likely N-dealkylation sites (tertiary alicyclic amines) is 1. The van der Waals surface area contributed by atoms with Crippen molar-refractivity contribution in [1.82, 2.24) is 14.9 Å². The van der Waals surface area contributed by atoms with Crippen molar-refractivity contribution in [3.05, 3.63) is 60.2 Å². The van der Waals surface area contributed by atoms with Gasteiger partial charge in [-0.25, -0.2) is 4.98 Å². The third-order valence-corrected chi connectivity index (χ3v) is 5.66. The van der Waals surface area contributed by atoms with Gasteiger partial charge in [0, 0.05) is 25.5 Å². The van der Waals surface area contributed by atoms with Gasteiger partial charge >= 0.3 is 0 Å². The molecule has 1 saturated carbocycles. The van der Waals surface area contributed by atoms with Crippen LogP contribution in [-0.2, 0) is 6.42 Å². The highest BCUT2D eigenvalue weighted by Crippen LogP contribution is 2.41. The van der Waals surface area contributed by atoms with E-state index in [-0.39, 0.29) is 5.91 Å². The maximum atomic E-state index is 12.7. The van der Waals surface area contributed by atoms with Crippen molar-refractivity contribution in [2.24, 2.45) is 17.8 Å². The number of amides is 1. The molecule has 1 aromatic heterocycles. The van der Waals surface area contributed by atoms with Gasteiger partial charge in [0.2, 0.25) is 0 Å². The molecule has 2 aliphatic rings. The number of carbonyl (C=O) groups is 1. The molecule has 4 heteroatoms. The van der Waals surface area contributed by atoms with Crippen LogP contribution in [0.4, 0.5) is 0 Å². The Morgan fingerprint density at radius 1 is 1.12 bits per heavy atom. The Hall–Kier alpha value is -2.23. The second-order valence-electron chi connectivity index (χ2n) is 7.11. The first-order valence-electron chi connectivity index (χ1n) is 8.90. The molecule has 0 N–H and O–H groups in total. The van der Waals surface area contributed by atoms with Crippen LogP contribution in [0, 0.1) is 17.8 Å². The lowest BCUT2D eigenvalue weighted by Gasteiger charge is -2.32. The van der Waals surface area contributed by atoms with Gasteiger partial charge in [0.25, 0.3) is 5.91 Å². The molecule has 2 aromatic rings. The summed E-state index contributed by atoms with van der Waals surface area (Å²) in [4.78, 5) is 22.9. The van der Waals surface area contributed by atoms with E-state index in [9.17, 15) is 4.79 Å². The Morgan fingerprint density at radius 3 is 2.79 bits per heavy atom. The highest BCUT2D eigenvalue weighted by Gasteiger charge is 2.41. The molecule has 2 fully saturated rings. The topological polar surface area (TPSA) is 46.1 Å². The third kappa shape index (κ3) is 3.05. The molecule has 1 amide bonds. The fraction of sp³-hybridized carbons (Fsp3) is 0.450. The molecule has 0 spiro atoms. The maximum Gasteiger partial charge on any atom is 0.274 e. The molecule has 1 saturated heterocycles. The van der Waals surface area contributed by atoms with Crippen molar-refractivity contribution >= 4 is 5.91 Å². The summed E-state index contributed by atoms with van der Waals surface area (Å²) >= 11 is 0. The molecular formula is C20H23N3O. The number of hydrogen-bond acceptors (Lipinski definition) is 3. The molecule has 0 bridgehead atoms. The van der Waals surface area contributed by atoms with Gasteiger partial charge in [-0.05, 0) is 42.6 Å². The first-order chi connectivity index (χ1) is 11.8. The number of aromatic nitrogens is 2. The van der Waals surface area contributed by atoms with E-state index >= 15 is 0 Å². The SMILES string of the molecule is O=C(c1cnccn1)N1C[C@H]2CCC[C@H](Cc3ccccc3)[C@H]2C1. The van der Waals surface area contributed by atoms with E-state index in [1.54, 1.807) is 18.6 Å². The van der Waals surface area contributed by atoms with Gasteiger partial charge in [-0.1, -0.05) is 36.8 Å². The fourth-order valence-electron chi connectivity index (χ4n) is 4.50. The van der Waals surface area contributed by atoms with Crippen molar-refractivity contribution in [2.75, 3.05) is 13.1 Å². The van der Waals surface area contributed by atoms with Crippen LogP contribution in [0.5, 0.6) is 0 Å². The van der Waals surface area contributed by atoms with Crippen molar-refractivity contribution in [2.45, 2.75) is 25.7 Å². The van der Waals surface area contributed by atoms with Gasteiger partial charge in [-0.2, -0.15) is 0 Å². The second kappa shape index (κ2) is 6.71. The summed E-state index contributed by atoms with van der Waals surface area (Å²) in [6.45, 7) is 1.75. The summed E-state index contributed by atoms with van der Waals surface area (Å²) in [5, 5.41) is 0. The number of hydrogen-bond donors (Lipinski definition) is 0. The van der Waals surface area contributed by atoms with Crippen molar-refractivity contribution in [1.29, 1.82) is 0 Å². The fourth-order valence-corrected chi connectivity index (χ4v) is 4.50. The molecule has 124 valence electrons. The van der Waals surface area contributed by atoms with Gasteiger partial charge in [0.15, 0.2) is 0 Å². The van der Waals surface area contributed by atoms with Crippen LogP contribution in [0.3, 0.4) is 0 Å². The highest BCUT2D eigenvalue weighted by molar-refractivity contribution is 5.92. The zero-order valence-electron chi connectivity index (χ0n) is 13.8. The second-order valence-corrected chi connectivity index (χ2v) is 7.11. The zero-order chi connectivity index (χ0) is 16.4. The molecule has 0 unspecified atom stereocenters. The van der Waals surface area contributed by atoms with Crippen LogP contribution in [0.1, 0.15) is 35.3 Å². The summed E-state index contributed by atoms with van der Waals surface area (Å²) in [6, 6.07) is 10.8. The van der Waals surface area contributed by atoms with Crippen LogP contribution in [0.2, 0.25) is 0 Å². The summed E-state index contributed by atoms with van der Waals surface area (Å²) in [5.74, 6) is 1.99. The van der Waals surface area contributed by atoms with Crippen molar-refractivity contribution < 1.29 is 4.79 Å². The number of rotatable bonds is 3. The first kappa shape index (κ1) is 15.3. The van der Waals surface area contributed by atoms with E-state index in [0.29, 0.717) is 23.4 Å². The average Bonchev–Trinajstić information content (AvgIpc) is 3.08. The number of fused-ring (bicyclic) bond motifs is 1. The van der Waals surface area contributed by atoms with Gasteiger partial charge in [0.1, 0.15) is 5.69 Å². The predicted molar refractivity (Wildman–Crippen MR) is 92.4 cm³/mol. The van der Waals surface area contributed by atoms with E-state index < -0.39 is 0 Å². The monoisotopic (exact) mass is 321 g/mol. The number of carbonyl (C=O) groups excluding carboxylic acids is 1. The summed E-state index contributed by atoms with van der Waals surface area (Å²) in [7, 11) is 0. The van der Waals surface area contributed by atoms with E-state index in [0.717, 1.165) is 19.5 Å². The summed E-state index contributed by atoms with van der Waals surface area (Å²) < 4.78 is 0. The quantitative estimate of drug-likeness (QED) is 0.872. The van der Waals surface area contributed by atoms with E-state index in [4.69, 9.17) is 0 Å². The third-order valence-electron chi connectivity index (χ3n) is 5.66. The Balaban J connectivity index is 1.47. The maximum absolute atomic E-state index is 12.7. The predicted octanol–water partition coefficient (Wildman–Crippen LogP) is 3.21. The van der Waals surface area contributed by atoms with Crippen molar-refractivity contribution in [3.63, 3.8) is 0 Å².